The summed E-state index contributed by atoms with van der Waals surface area (Å²) in [5, 5.41) is 3.33. The summed E-state index contributed by atoms with van der Waals surface area (Å²) in [6.07, 6.45) is 3.10. The van der Waals surface area contributed by atoms with Gasteiger partial charge in [-0.3, -0.25) is 9.80 Å². The van der Waals surface area contributed by atoms with Gasteiger partial charge in [-0.2, -0.15) is 0 Å². The number of aryl methyl sites for hydroxylation is 1. The topological polar surface area (TPSA) is 46.7 Å². The summed E-state index contributed by atoms with van der Waals surface area (Å²) in [5.74, 6) is 0.774. The Balaban J connectivity index is 0.00000220. The number of rotatable bonds is 9. The molecule has 1 aliphatic heterocycles. The molecule has 10 heteroatoms. The molecule has 0 unspecified atom stereocenters. The molecule has 0 atom stereocenters. The molecular weight excluding hydrogens is 610 g/mol. The van der Waals surface area contributed by atoms with E-state index in [2.05, 4.69) is 38.8 Å². The first kappa shape index (κ1) is 32.8. The summed E-state index contributed by atoms with van der Waals surface area (Å²) < 4.78 is 7.98. The number of fused-ring (bicyclic) bond motifs is 1. The Morgan fingerprint density at radius 2 is 1.45 bits per heavy atom. The SMILES string of the molecule is COc1cccc(Cl)c1-c1cn(CCCN)c2ccc(CN3CCN(Cc4c(Cl)cccc4Cl)CC3)cc12.Cl.Cl. The third kappa shape index (κ3) is 7.21. The van der Waals surface area contributed by atoms with Crippen LogP contribution in [0.15, 0.2) is 60.8 Å². The maximum absolute atomic E-state index is 6.70. The Morgan fingerprint density at radius 1 is 0.825 bits per heavy atom. The van der Waals surface area contributed by atoms with Gasteiger partial charge in [-0.25, -0.2) is 0 Å². The summed E-state index contributed by atoms with van der Waals surface area (Å²) in [6.45, 7) is 7.10. The van der Waals surface area contributed by atoms with Gasteiger partial charge in [0, 0.05) is 89.6 Å². The minimum Gasteiger partial charge on any atom is -0.496 e. The molecule has 0 aliphatic carbocycles. The van der Waals surface area contributed by atoms with Crippen molar-refractivity contribution in [2.24, 2.45) is 5.73 Å². The summed E-state index contributed by atoms with van der Waals surface area (Å²) in [7, 11) is 1.69. The highest BCUT2D eigenvalue weighted by Gasteiger charge is 2.21. The summed E-state index contributed by atoms with van der Waals surface area (Å²) in [4.78, 5) is 4.93. The second kappa shape index (κ2) is 15.0. The molecule has 5 nitrogen and oxygen atoms in total. The van der Waals surface area contributed by atoms with Crippen molar-refractivity contribution < 1.29 is 4.74 Å². The number of aromatic nitrogens is 1. The number of benzene rings is 3. The summed E-state index contributed by atoms with van der Waals surface area (Å²) >= 11 is 19.5. The van der Waals surface area contributed by atoms with E-state index in [4.69, 9.17) is 45.3 Å². The quantitative estimate of drug-likeness (QED) is 0.202. The first-order valence-electron chi connectivity index (χ1n) is 13.0. The van der Waals surface area contributed by atoms with Gasteiger partial charge in [0.15, 0.2) is 0 Å². The molecule has 0 bridgehead atoms. The van der Waals surface area contributed by atoms with Gasteiger partial charge >= 0.3 is 0 Å². The first-order valence-corrected chi connectivity index (χ1v) is 14.1. The zero-order valence-corrected chi connectivity index (χ0v) is 26.3. The van der Waals surface area contributed by atoms with Gasteiger partial charge in [0.2, 0.25) is 0 Å². The van der Waals surface area contributed by atoms with E-state index < -0.39 is 0 Å². The lowest BCUT2D eigenvalue weighted by Crippen LogP contribution is -2.45. The lowest BCUT2D eigenvalue weighted by molar-refractivity contribution is 0.122. The highest BCUT2D eigenvalue weighted by molar-refractivity contribution is 6.36. The van der Waals surface area contributed by atoms with E-state index in [9.17, 15) is 0 Å². The number of methoxy groups -OCH3 is 1. The van der Waals surface area contributed by atoms with Crippen LogP contribution < -0.4 is 10.5 Å². The van der Waals surface area contributed by atoms with E-state index in [0.29, 0.717) is 11.6 Å². The Morgan fingerprint density at radius 3 is 2.10 bits per heavy atom. The van der Waals surface area contributed by atoms with E-state index in [0.717, 1.165) is 84.7 Å². The van der Waals surface area contributed by atoms with Gasteiger partial charge in [0.1, 0.15) is 5.75 Å². The van der Waals surface area contributed by atoms with Crippen molar-refractivity contribution in [3.63, 3.8) is 0 Å². The summed E-state index contributed by atoms with van der Waals surface area (Å²) in [6, 6.07) is 18.3. The number of ether oxygens (including phenoxy) is 1. The first-order chi connectivity index (χ1) is 18.5. The number of hydrogen-bond acceptors (Lipinski definition) is 4. The minimum atomic E-state index is 0. The molecule has 0 spiro atoms. The van der Waals surface area contributed by atoms with E-state index in [1.165, 1.54) is 16.5 Å². The number of hydrogen-bond donors (Lipinski definition) is 1. The zero-order valence-electron chi connectivity index (χ0n) is 22.4. The Hall–Kier alpha value is -1.67. The standard InChI is InChI=1S/C30H33Cl3N4O.2ClH/c1-38-29-8-3-7-27(33)30(29)23-20-37(12-4-11-34)28-10-9-21(17-22(23)28)18-35-13-15-36(16-14-35)19-24-25(31)5-2-6-26(24)32;;/h2-3,5-10,17,20H,4,11-16,18-19,34H2,1H3;2*1H. The molecule has 2 N–H and O–H groups in total. The lowest BCUT2D eigenvalue weighted by atomic mass is 10.0. The number of nitrogens with zero attached hydrogens (tertiary/aromatic N) is 3. The van der Waals surface area contributed by atoms with E-state index >= 15 is 0 Å². The average molecular weight is 645 g/mol. The van der Waals surface area contributed by atoms with Crippen molar-refractivity contribution >= 4 is 70.5 Å². The predicted molar refractivity (Wildman–Crippen MR) is 174 cm³/mol. The molecular formula is C30H35Cl5N4O. The zero-order chi connectivity index (χ0) is 26.6. The monoisotopic (exact) mass is 642 g/mol. The van der Waals surface area contributed by atoms with Crippen LogP contribution >= 0.6 is 59.6 Å². The van der Waals surface area contributed by atoms with Crippen LogP contribution in [-0.4, -0.2) is 54.2 Å². The fourth-order valence-electron chi connectivity index (χ4n) is 5.30. The van der Waals surface area contributed by atoms with E-state index in [-0.39, 0.29) is 24.8 Å². The van der Waals surface area contributed by atoms with E-state index in [1.54, 1.807) is 7.11 Å². The van der Waals surface area contributed by atoms with Gasteiger partial charge in [0.25, 0.3) is 0 Å². The van der Waals surface area contributed by atoms with Crippen LogP contribution in [0.25, 0.3) is 22.0 Å². The van der Waals surface area contributed by atoms with Crippen LogP contribution in [0.4, 0.5) is 0 Å². The van der Waals surface area contributed by atoms with Crippen LogP contribution in [0.3, 0.4) is 0 Å². The van der Waals surface area contributed by atoms with Crippen molar-refractivity contribution in [2.45, 2.75) is 26.1 Å². The van der Waals surface area contributed by atoms with Gasteiger partial charge in [0.05, 0.1) is 12.1 Å². The van der Waals surface area contributed by atoms with E-state index in [1.807, 2.05) is 36.4 Å². The Kier molecular flexibility index (Phi) is 12.3. The highest BCUT2D eigenvalue weighted by Crippen LogP contribution is 2.41. The van der Waals surface area contributed by atoms with Crippen LogP contribution in [0.1, 0.15) is 17.5 Å². The van der Waals surface area contributed by atoms with Gasteiger partial charge in [-0.15, -0.1) is 24.8 Å². The van der Waals surface area contributed by atoms with Crippen LogP contribution in [0, 0.1) is 0 Å². The molecule has 4 aromatic rings. The van der Waals surface area contributed by atoms with Crippen molar-refractivity contribution in [3.8, 4) is 16.9 Å². The average Bonchev–Trinajstić information content (AvgIpc) is 3.27. The molecule has 1 fully saturated rings. The third-order valence-electron chi connectivity index (χ3n) is 7.33. The van der Waals surface area contributed by atoms with Crippen molar-refractivity contribution in [2.75, 3.05) is 39.8 Å². The maximum Gasteiger partial charge on any atom is 0.128 e. The van der Waals surface area contributed by atoms with Crippen LogP contribution in [0.5, 0.6) is 5.75 Å². The highest BCUT2D eigenvalue weighted by atomic mass is 35.5. The molecule has 1 saturated heterocycles. The number of piperazine rings is 1. The van der Waals surface area contributed by atoms with Crippen LogP contribution in [0.2, 0.25) is 15.1 Å². The van der Waals surface area contributed by atoms with Crippen LogP contribution in [-0.2, 0) is 19.6 Å². The summed E-state index contributed by atoms with van der Waals surface area (Å²) in [5.41, 5.74) is 11.3. The molecule has 1 aromatic heterocycles. The van der Waals surface area contributed by atoms with Crippen molar-refractivity contribution in [1.82, 2.24) is 14.4 Å². The molecule has 0 amide bonds. The molecule has 5 rings (SSSR count). The Bertz CT molecular complexity index is 1400. The molecule has 3 aromatic carbocycles. The molecule has 2 heterocycles. The van der Waals surface area contributed by atoms with Gasteiger partial charge in [-0.1, -0.05) is 53.0 Å². The van der Waals surface area contributed by atoms with Gasteiger partial charge < -0.3 is 15.0 Å². The Labute approximate surface area is 263 Å². The van der Waals surface area contributed by atoms with Crippen molar-refractivity contribution in [1.29, 1.82) is 0 Å². The lowest BCUT2D eigenvalue weighted by Gasteiger charge is -2.35. The molecule has 0 radical (unpaired) electrons. The maximum atomic E-state index is 6.70. The fraction of sp³-hybridized carbons (Fsp3) is 0.333. The van der Waals surface area contributed by atoms with Crippen molar-refractivity contribution in [3.05, 3.63) is 87.0 Å². The molecule has 1 aliphatic rings. The largest absolute Gasteiger partial charge is 0.496 e. The fourth-order valence-corrected chi connectivity index (χ4v) is 6.08. The smallest absolute Gasteiger partial charge is 0.128 e. The second-order valence-electron chi connectivity index (χ2n) is 9.80. The molecule has 0 saturated carbocycles. The normalized spacial score (nSPS) is 14.1. The predicted octanol–water partition coefficient (Wildman–Crippen LogP) is 7.79. The third-order valence-corrected chi connectivity index (χ3v) is 8.35. The second-order valence-corrected chi connectivity index (χ2v) is 11.0. The number of nitrogens with two attached hydrogens (primary N) is 1. The number of halogens is 5. The van der Waals surface area contributed by atoms with Gasteiger partial charge in [-0.05, 0) is 54.9 Å². The molecule has 40 heavy (non-hydrogen) atoms. The molecule has 216 valence electrons. The minimum absolute atomic E-state index is 0.